The molecule has 0 amide bonds. The summed E-state index contributed by atoms with van der Waals surface area (Å²) in [5.41, 5.74) is 0.518. The number of nitrogens with one attached hydrogen (secondary N) is 1. The lowest BCUT2D eigenvalue weighted by molar-refractivity contribution is 0.0403. The quantitative estimate of drug-likeness (QED) is 0.779. The van der Waals surface area contributed by atoms with Gasteiger partial charge in [0.05, 0.1) is 0 Å². The van der Waals surface area contributed by atoms with Crippen LogP contribution in [0.3, 0.4) is 0 Å². The molecule has 0 bridgehead atoms. The standard InChI is InChI=1S/C19H38N2/c1-5-12-20-17-11-10-16(19(3,4)6-2)15-18(17)21-13-8-7-9-14-21/h16-18,20H,5-15H2,1-4H3. The molecule has 0 radical (unpaired) electrons. The van der Waals surface area contributed by atoms with E-state index >= 15 is 0 Å². The molecule has 0 aromatic carbocycles. The lowest BCUT2D eigenvalue weighted by Gasteiger charge is -2.48. The van der Waals surface area contributed by atoms with E-state index in [1.54, 1.807) is 0 Å². The Balaban J connectivity index is 2.03. The average Bonchev–Trinajstić information content (AvgIpc) is 2.53. The van der Waals surface area contributed by atoms with Crippen molar-refractivity contribution in [3.63, 3.8) is 0 Å². The molecular weight excluding hydrogens is 256 g/mol. The fraction of sp³-hybridized carbons (Fsp3) is 1.00. The molecule has 2 nitrogen and oxygen atoms in total. The van der Waals surface area contributed by atoms with Gasteiger partial charge in [0.15, 0.2) is 0 Å². The molecule has 1 N–H and O–H groups in total. The SMILES string of the molecule is CCCNC1CCC(C(C)(C)CC)CC1N1CCCCC1. The smallest absolute Gasteiger partial charge is 0.0252 e. The third-order valence-corrected chi connectivity index (χ3v) is 6.35. The van der Waals surface area contributed by atoms with Crippen LogP contribution in [0.2, 0.25) is 0 Å². The van der Waals surface area contributed by atoms with Crippen molar-refractivity contribution in [1.82, 2.24) is 10.2 Å². The Morgan fingerprint density at radius 1 is 1.05 bits per heavy atom. The summed E-state index contributed by atoms with van der Waals surface area (Å²) < 4.78 is 0. The molecule has 124 valence electrons. The van der Waals surface area contributed by atoms with Gasteiger partial charge in [-0.15, -0.1) is 0 Å². The largest absolute Gasteiger partial charge is 0.312 e. The van der Waals surface area contributed by atoms with Crippen molar-refractivity contribution in [2.75, 3.05) is 19.6 Å². The fourth-order valence-electron chi connectivity index (χ4n) is 4.37. The molecule has 2 rings (SSSR count). The second kappa shape index (κ2) is 7.97. The van der Waals surface area contributed by atoms with Gasteiger partial charge < -0.3 is 5.32 Å². The number of nitrogens with zero attached hydrogens (tertiary/aromatic N) is 1. The molecule has 2 heteroatoms. The highest BCUT2D eigenvalue weighted by Gasteiger charge is 2.39. The van der Waals surface area contributed by atoms with Crippen LogP contribution in [0.15, 0.2) is 0 Å². The summed E-state index contributed by atoms with van der Waals surface area (Å²) >= 11 is 0. The predicted molar refractivity (Wildman–Crippen MR) is 92.7 cm³/mol. The summed E-state index contributed by atoms with van der Waals surface area (Å²) in [5, 5.41) is 3.87. The number of rotatable bonds is 6. The van der Waals surface area contributed by atoms with E-state index in [2.05, 4.69) is 37.9 Å². The van der Waals surface area contributed by atoms with Crippen LogP contribution >= 0.6 is 0 Å². The highest BCUT2D eigenvalue weighted by Crippen LogP contribution is 2.42. The van der Waals surface area contributed by atoms with Gasteiger partial charge in [-0.1, -0.05) is 40.5 Å². The van der Waals surface area contributed by atoms with Crippen molar-refractivity contribution in [2.24, 2.45) is 11.3 Å². The Labute approximate surface area is 133 Å². The van der Waals surface area contributed by atoms with Crippen molar-refractivity contribution < 1.29 is 0 Å². The Morgan fingerprint density at radius 3 is 2.38 bits per heavy atom. The van der Waals surface area contributed by atoms with Crippen molar-refractivity contribution >= 4 is 0 Å². The highest BCUT2D eigenvalue weighted by molar-refractivity contribution is 4.95. The maximum absolute atomic E-state index is 3.87. The molecule has 3 atom stereocenters. The van der Waals surface area contributed by atoms with E-state index in [0.29, 0.717) is 5.41 Å². The van der Waals surface area contributed by atoms with Gasteiger partial charge in [0.2, 0.25) is 0 Å². The van der Waals surface area contributed by atoms with E-state index < -0.39 is 0 Å². The first kappa shape index (κ1) is 17.3. The van der Waals surface area contributed by atoms with Crippen LogP contribution in [-0.2, 0) is 0 Å². The Bertz CT molecular complexity index is 294. The van der Waals surface area contributed by atoms with Crippen LogP contribution in [-0.4, -0.2) is 36.6 Å². The van der Waals surface area contributed by atoms with Gasteiger partial charge >= 0.3 is 0 Å². The molecule has 2 aliphatic rings. The second-order valence-corrected chi connectivity index (χ2v) is 8.08. The zero-order valence-electron chi connectivity index (χ0n) is 15.0. The molecular formula is C19H38N2. The van der Waals surface area contributed by atoms with Gasteiger partial charge in [-0.05, 0) is 69.5 Å². The van der Waals surface area contributed by atoms with Gasteiger partial charge in [0, 0.05) is 12.1 Å². The Hall–Kier alpha value is -0.0800. The van der Waals surface area contributed by atoms with Crippen LogP contribution in [0.25, 0.3) is 0 Å². The van der Waals surface area contributed by atoms with Crippen LogP contribution < -0.4 is 5.32 Å². The lowest BCUT2D eigenvalue weighted by atomic mass is 9.67. The van der Waals surface area contributed by atoms with Crippen LogP contribution in [0.5, 0.6) is 0 Å². The van der Waals surface area contributed by atoms with Crippen molar-refractivity contribution in [3.8, 4) is 0 Å². The molecule has 21 heavy (non-hydrogen) atoms. The molecule has 0 aromatic heterocycles. The fourth-order valence-corrected chi connectivity index (χ4v) is 4.37. The third-order valence-electron chi connectivity index (χ3n) is 6.35. The zero-order chi connectivity index (χ0) is 15.3. The predicted octanol–water partition coefficient (Wildman–Crippen LogP) is 4.45. The monoisotopic (exact) mass is 294 g/mol. The van der Waals surface area contributed by atoms with E-state index in [1.807, 2.05) is 0 Å². The van der Waals surface area contributed by atoms with Crippen LogP contribution in [0, 0.1) is 11.3 Å². The van der Waals surface area contributed by atoms with E-state index in [1.165, 1.54) is 71.0 Å². The molecule has 0 spiro atoms. The second-order valence-electron chi connectivity index (χ2n) is 8.08. The Morgan fingerprint density at radius 2 is 1.76 bits per heavy atom. The van der Waals surface area contributed by atoms with E-state index in [9.17, 15) is 0 Å². The minimum absolute atomic E-state index is 0.518. The van der Waals surface area contributed by atoms with Crippen LogP contribution in [0.4, 0.5) is 0 Å². The van der Waals surface area contributed by atoms with Gasteiger partial charge in [-0.3, -0.25) is 4.90 Å². The molecule has 2 fully saturated rings. The number of piperidine rings is 1. The van der Waals surface area contributed by atoms with Crippen molar-refractivity contribution in [2.45, 2.75) is 91.1 Å². The first-order valence-electron chi connectivity index (χ1n) is 9.56. The van der Waals surface area contributed by atoms with Gasteiger partial charge in [-0.2, -0.15) is 0 Å². The van der Waals surface area contributed by atoms with Crippen molar-refractivity contribution in [1.29, 1.82) is 0 Å². The van der Waals surface area contributed by atoms with E-state index in [0.717, 1.165) is 18.0 Å². The number of hydrogen-bond donors (Lipinski definition) is 1. The first-order valence-corrected chi connectivity index (χ1v) is 9.56. The lowest BCUT2D eigenvalue weighted by Crippen LogP contribution is -2.55. The summed E-state index contributed by atoms with van der Waals surface area (Å²) in [6.45, 7) is 13.5. The van der Waals surface area contributed by atoms with E-state index in [-0.39, 0.29) is 0 Å². The summed E-state index contributed by atoms with van der Waals surface area (Å²) in [6, 6.07) is 1.54. The summed E-state index contributed by atoms with van der Waals surface area (Å²) in [6.07, 6.45) is 11.1. The molecule has 1 saturated carbocycles. The molecule has 1 heterocycles. The van der Waals surface area contributed by atoms with Gasteiger partial charge in [0.1, 0.15) is 0 Å². The Kier molecular flexibility index (Phi) is 6.55. The minimum Gasteiger partial charge on any atom is -0.312 e. The van der Waals surface area contributed by atoms with Gasteiger partial charge in [-0.25, -0.2) is 0 Å². The third kappa shape index (κ3) is 4.45. The molecule has 1 aliphatic carbocycles. The molecule has 1 aliphatic heterocycles. The maximum Gasteiger partial charge on any atom is 0.0252 e. The number of likely N-dealkylation sites (tertiary alicyclic amines) is 1. The minimum atomic E-state index is 0.518. The van der Waals surface area contributed by atoms with Crippen molar-refractivity contribution in [3.05, 3.63) is 0 Å². The summed E-state index contributed by atoms with van der Waals surface area (Å²) in [5.74, 6) is 0.911. The van der Waals surface area contributed by atoms with E-state index in [4.69, 9.17) is 0 Å². The zero-order valence-corrected chi connectivity index (χ0v) is 15.0. The van der Waals surface area contributed by atoms with Gasteiger partial charge in [0.25, 0.3) is 0 Å². The topological polar surface area (TPSA) is 15.3 Å². The normalized spacial score (nSPS) is 32.3. The molecule has 0 aromatic rings. The summed E-state index contributed by atoms with van der Waals surface area (Å²) in [4.78, 5) is 2.83. The molecule has 1 saturated heterocycles. The first-order chi connectivity index (χ1) is 10.1. The summed E-state index contributed by atoms with van der Waals surface area (Å²) in [7, 11) is 0. The maximum atomic E-state index is 3.87. The highest BCUT2D eigenvalue weighted by atomic mass is 15.2. The average molecular weight is 295 g/mol. The molecule has 3 unspecified atom stereocenters. The van der Waals surface area contributed by atoms with Crippen LogP contribution in [0.1, 0.15) is 79.1 Å². The number of hydrogen-bond acceptors (Lipinski definition) is 2.